The van der Waals surface area contributed by atoms with Crippen LogP contribution in [0.3, 0.4) is 0 Å². The van der Waals surface area contributed by atoms with E-state index in [0.29, 0.717) is 30.6 Å². The number of anilines is 1. The monoisotopic (exact) mass is 618 g/mol. The van der Waals surface area contributed by atoms with Crippen molar-refractivity contribution in [3.63, 3.8) is 0 Å². The Morgan fingerprint density at radius 2 is 1.95 bits per heavy atom. The van der Waals surface area contributed by atoms with Crippen LogP contribution in [0.1, 0.15) is 29.4 Å². The lowest BCUT2D eigenvalue weighted by Gasteiger charge is -2.12. The quantitative estimate of drug-likeness (QED) is 0.0784. The lowest BCUT2D eigenvalue weighted by atomic mass is 10.2. The zero-order valence-electron chi connectivity index (χ0n) is 22.4. The molecule has 40 heavy (non-hydrogen) atoms. The maximum absolute atomic E-state index is 12.8. The molecule has 1 heterocycles. The van der Waals surface area contributed by atoms with E-state index in [1.807, 2.05) is 72.2 Å². The van der Waals surface area contributed by atoms with Crippen molar-refractivity contribution in [2.75, 3.05) is 5.32 Å². The van der Waals surface area contributed by atoms with E-state index in [1.54, 1.807) is 12.3 Å². The molecule has 0 saturated carbocycles. The van der Waals surface area contributed by atoms with Crippen LogP contribution in [0, 0.1) is 6.92 Å². The Balaban J connectivity index is 1.34. The number of hydrogen-bond donors (Lipinski definition) is 2. The molecule has 2 N–H and O–H groups in total. The topological polar surface area (TPSA) is 93.4 Å². The predicted octanol–water partition coefficient (Wildman–Crippen LogP) is 6.36. The molecule has 3 aromatic carbocycles. The van der Waals surface area contributed by atoms with Crippen LogP contribution in [0.5, 0.6) is 5.75 Å². The number of hydrazone groups is 1. The van der Waals surface area contributed by atoms with E-state index in [4.69, 9.17) is 4.74 Å². The molecule has 4 aromatic rings. The van der Waals surface area contributed by atoms with Gasteiger partial charge in [0.25, 0.3) is 5.91 Å². The number of nitrogens with one attached hydrogen (secondary N) is 2. The average Bonchev–Trinajstić information content (AvgIpc) is 3.33. The Bertz CT molecular complexity index is 1470. The van der Waals surface area contributed by atoms with Crippen molar-refractivity contribution in [1.29, 1.82) is 0 Å². The molecule has 1 amide bonds. The Hall–Kier alpha value is -3.89. The molecule has 0 aliphatic carbocycles. The maximum Gasteiger partial charge on any atom is 0.253 e. The van der Waals surface area contributed by atoms with Crippen LogP contribution in [-0.4, -0.2) is 32.1 Å². The van der Waals surface area contributed by atoms with Crippen molar-refractivity contribution in [3.05, 3.63) is 112 Å². The average molecular weight is 620 g/mol. The third-order valence-corrected chi connectivity index (χ3v) is 7.41. The second kappa shape index (κ2) is 14.5. The standard InChI is InChI=1S/C30H31BrN6O2S/c1-4-16-37-28(19-32-26-14-12-21(2)13-15-26)34-36-30(37)40-22(3)29(38)35-33-18-24-9-5-6-11-27(24)39-20-23-8-7-10-25(31)17-23/h4-15,17-18,22,32H,1,16,19-20H2,2-3H3,(H,35,38)/b33-18-/t22-/m1/s1. The number of para-hydroxylation sites is 1. The Labute approximate surface area is 247 Å². The lowest BCUT2D eigenvalue weighted by Crippen LogP contribution is -2.27. The second-order valence-corrected chi connectivity index (χ2v) is 11.2. The first-order valence-electron chi connectivity index (χ1n) is 12.7. The van der Waals surface area contributed by atoms with Gasteiger partial charge >= 0.3 is 0 Å². The fourth-order valence-corrected chi connectivity index (χ4v) is 4.99. The van der Waals surface area contributed by atoms with Crippen LogP contribution < -0.4 is 15.5 Å². The third-order valence-electron chi connectivity index (χ3n) is 5.84. The van der Waals surface area contributed by atoms with Crippen LogP contribution in [0.2, 0.25) is 0 Å². The normalized spacial score (nSPS) is 11.8. The molecular weight excluding hydrogens is 588 g/mol. The molecule has 0 radical (unpaired) electrons. The van der Waals surface area contributed by atoms with Crippen molar-refractivity contribution < 1.29 is 9.53 Å². The van der Waals surface area contributed by atoms with Gasteiger partial charge < -0.3 is 14.6 Å². The van der Waals surface area contributed by atoms with Crippen molar-refractivity contribution in [2.45, 2.75) is 44.0 Å². The summed E-state index contributed by atoms with van der Waals surface area (Å²) in [6.07, 6.45) is 3.37. The molecule has 10 heteroatoms. The minimum Gasteiger partial charge on any atom is -0.488 e. The highest BCUT2D eigenvalue weighted by Gasteiger charge is 2.19. The Kier molecular flexibility index (Phi) is 10.5. The number of benzene rings is 3. The zero-order chi connectivity index (χ0) is 28.3. The lowest BCUT2D eigenvalue weighted by molar-refractivity contribution is -0.120. The summed E-state index contributed by atoms with van der Waals surface area (Å²) in [5.41, 5.74) is 6.62. The molecule has 1 aromatic heterocycles. The first-order valence-corrected chi connectivity index (χ1v) is 14.4. The van der Waals surface area contributed by atoms with Crippen molar-refractivity contribution in [1.82, 2.24) is 20.2 Å². The minimum atomic E-state index is -0.453. The van der Waals surface area contributed by atoms with E-state index < -0.39 is 5.25 Å². The van der Waals surface area contributed by atoms with Crippen molar-refractivity contribution in [3.8, 4) is 5.75 Å². The van der Waals surface area contributed by atoms with E-state index in [9.17, 15) is 4.79 Å². The molecule has 0 aliphatic rings. The number of allylic oxidation sites excluding steroid dienone is 1. The molecule has 0 aliphatic heterocycles. The summed E-state index contributed by atoms with van der Waals surface area (Å²) in [4.78, 5) is 12.8. The van der Waals surface area contributed by atoms with Gasteiger partial charge in [-0.15, -0.1) is 16.8 Å². The fraction of sp³-hybridized carbons (Fsp3) is 0.200. The third kappa shape index (κ3) is 8.30. The van der Waals surface area contributed by atoms with E-state index in [1.165, 1.54) is 17.3 Å². The molecule has 206 valence electrons. The number of rotatable bonds is 13. The van der Waals surface area contributed by atoms with Crippen LogP contribution in [0.4, 0.5) is 5.69 Å². The summed E-state index contributed by atoms with van der Waals surface area (Å²) in [5, 5.41) is 16.4. The number of ether oxygens (including phenoxy) is 1. The van der Waals surface area contributed by atoms with Gasteiger partial charge in [-0.1, -0.05) is 75.7 Å². The number of halogens is 1. The van der Waals surface area contributed by atoms with E-state index in [-0.39, 0.29) is 5.91 Å². The summed E-state index contributed by atoms with van der Waals surface area (Å²) in [6, 6.07) is 23.7. The SMILES string of the molecule is C=CCn1c(CNc2ccc(C)cc2)nnc1S[C@H](C)C(=O)N/N=C\c1ccccc1OCc1cccc(Br)c1. The largest absolute Gasteiger partial charge is 0.488 e. The van der Waals surface area contributed by atoms with Gasteiger partial charge in [-0.3, -0.25) is 4.79 Å². The molecule has 0 unspecified atom stereocenters. The summed E-state index contributed by atoms with van der Waals surface area (Å²) < 4.78 is 8.94. The van der Waals surface area contributed by atoms with E-state index >= 15 is 0 Å². The second-order valence-electron chi connectivity index (χ2n) is 8.97. The van der Waals surface area contributed by atoms with Gasteiger partial charge in [0.2, 0.25) is 0 Å². The number of carbonyl (C=O) groups excluding carboxylic acids is 1. The van der Waals surface area contributed by atoms with Crippen molar-refractivity contribution in [2.24, 2.45) is 5.10 Å². The number of aromatic nitrogens is 3. The van der Waals surface area contributed by atoms with Crippen LogP contribution in [0.15, 0.2) is 100 Å². The highest BCUT2D eigenvalue weighted by molar-refractivity contribution is 9.10. The van der Waals surface area contributed by atoms with Crippen LogP contribution >= 0.6 is 27.7 Å². The molecule has 0 fully saturated rings. The van der Waals surface area contributed by atoms with Gasteiger partial charge in [0.1, 0.15) is 12.4 Å². The van der Waals surface area contributed by atoms with Gasteiger partial charge in [-0.25, -0.2) is 5.43 Å². The molecule has 8 nitrogen and oxygen atoms in total. The smallest absolute Gasteiger partial charge is 0.253 e. The first-order chi connectivity index (χ1) is 19.4. The molecule has 0 spiro atoms. The summed E-state index contributed by atoms with van der Waals surface area (Å²) in [5.74, 6) is 1.18. The summed E-state index contributed by atoms with van der Waals surface area (Å²) in [7, 11) is 0. The van der Waals surface area contributed by atoms with Gasteiger partial charge in [0.05, 0.1) is 18.0 Å². The van der Waals surface area contributed by atoms with Crippen LogP contribution in [0.25, 0.3) is 0 Å². The predicted molar refractivity (Wildman–Crippen MR) is 165 cm³/mol. The van der Waals surface area contributed by atoms with Gasteiger partial charge in [-0.2, -0.15) is 5.10 Å². The Morgan fingerprint density at radius 1 is 1.15 bits per heavy atom. The van der Waals surface area contributed by atoms with E-state index in [0.717, 1.165) is 27.1 Å². The number of amides is 1. The number of thioether (sulfide) groups is 1. The molecule has 4 rings (SSSR count). The fourth-order valence-electron chi connectivity index (χ4n) is 3.68. The highest BCUT2D eigenvalue weighted by atomic mass is 79.9. The van der Waals surface area contributed by atoms with Crippen LogP contribution in [-0.2, 0) is 24.5 Å². The number of aryl methyl sites for hydroxylation is 1. The first kappa shape index (κ1) is 29.1. The molecular formula is C30H31BrN6O2S. The number of nitrogens with zero attached hydrogens (tertiary/aromatic N) is 4. The van der Waals surface area contributed by atoms with Gasteiger partial charge in [-0.05, 0) is 55.8 Å². The molecule has 0 bridgehead atoms. The molecule has 0 saturated heterocycles. The Morgan fingerprint density at radius 3 is 2.73 bits per heavy atom. The van der Waals surface area contributed by atoms with Gasteiger partial charge in [0.15, 0.2) is 11.0 Å². The summed E-state index contributed by atoms with van der Waals surface area (Å²) in [6.45, 7) is 9.16. The van der Waals surface area contributed by atoms with Gasteiger partial charge in [0, 0.05) is 22.3 Å². The zero-order valence-corrected chi connectivity index (χ0v) is 24.8. The molecule has 1 atom stereocenters. The van der Waals surface area contributed by atoms with E-state index in [2.05, 4.69) is 67.6 Å². The van der Waals surface area contributed by atoms with Crippen molar-refractivity contribution >= 4 is 45.5 Å². The minimum absolute atomic E-state index is 0.249. The number of carbonyl (C=O) groups is 1. The maximum atomic E-state index is 12.8. The number of hydrogen-bond acceptors (Lipinski definition) is 7. The summed E-state index contributed by atoms with van der Waals surface area (Å²) >= 11 is 4.80. The highest BCUT2D eigenvalue weighted by Crippen LogP contribution is 2.23.